The van der Waals surface area contributed by atoms with Crippen molar-refractivity contribution in [3.05, 3.63) is 35.2 Å². The second kappa shape index (κ2) is 6.34. The van der Waals surface area contributed by atoms with Crippen molar-refractivity contribution in [2.75, 3.05) is 25.2 Å². The molecule has 2 N–H and O–H groups in total. The molecule has 0 aliphatic carbocycles. The predicted octanol–water partition coefficient (Wildman–Crippen LogP) is 1.94. The van der Waals surface area contributed by atoms with Gasteiger partial charge in [-0.25, -0.2) is 18.1 Å². The molecule has 2 aromatic rings. The topological polar surface area (TPSA) is 71.1 Å². The van der Waals surface area contributed by atoms with Crippen LogP contribution in [0.4, 0.5) is 5.13 Å². The van der Waals surface area contributed by atoms with Crippen LogP contribution in [0.5, 0.6) is 0 Å². The van der Waals surface area contributed by atoms with E-state index in [0.29, 0.717) is 13.0 Å². The van der Waals surface area contributed by atoms with Gasteiger partial charge in [0.05, 0.1) is 11.9 Å². The lowest BCUT2D eigenvalue weighted by atomic mass is 10.1. The Bertz CT molecular complexity index is 663. The molecule has 0 saturated carbocycles. The first-order valence-corrected chi connectivity index (χ1v) is 8.92. The maximum atomic E-state index is 11.0. The van der Waals surface area contributed by atoms with Crippen LogP contribution in [0.1, 0.15) is 5.56 Å². The molecule has 0 atom stereocenters. The molecule has 0 amide bonds. The molecule has 0 fully saturated rings. The number of thiazole rings is 1. The lowest BCUT2D eigenvalue weighted by molar-refractivity contribution is 0.588. The summed E-state index contributed by atoms with van der Waals surface area (Å²) in [5, 5.41) is 5.91. The fourth-order valence-electron chi connectivity index (χ4n) is 1.74. The Morgan fingerprint density at radius 3 is 2.50 bits per heavy atom. The number of rotatable bonds is 6. The predicted molar refractivity (Wildman–Crippen MR) is 83.6 cm³/mol. The summed E-state index contributed by atoms with van der Waals surface area (Å²) in [7, 11) is -1.26. The highest BCUT2D eigenvalue weighted by atomic mass is 32.2. The summed E-state index contributed by atoms with van der Waals surface area (Å²) in [5.41, 5.74) is 3.09. The molecule has 0 unspecified atom stereocenters. The molecule has 20 heavy (non-hydrogen) atoms. The summed E-state index contributed by atoms with van der Waals surface area (Å²) in [4.78, 5) is 4.44. The fraction of sp³-hybridized carbons (Fsp3) is 0.308. The molecule has 7 heteroatoms. The van der Waals surface area contributed by atoms with Crippen molar-refractivity contribution < 1.29 is 8.42 Å². The summed E-state index contributed by atoms with van der Waals surface area (Å²) in [5.74, 6) is 0. The number of hydrogen-bond acceptors (Lipinski definition) is 5. The van der Waals surface area contributed by atoms with Crippen molar-refractivity contribution in [1.82, 2.24) is 9.71 Å². The zero-order chi connectivity index (χ0) is 14.6. The fourth-order valence-corrected chi connectivity index (χ4v) is 2.90. The monoisotopic (exact) mass is 311 g/mol. The van der Waals surface area contributed by atoms with E-state index in [1.165, 1.54) is 0 Å². The molecular weight excluding hydrogens is 294 g/mol. The van der Waals surface area contributed by atoms with Gasteiger partial charge in [0.15, 0.2) is 5.13 Å². The Morgan fingerprint density at radius 1 is 1.25 bits per heavy atom. The minimum absolute atomic E-state index is 0.415. The number of benzene rings is 1. The van der Waals surface area contributed by atoms with Crippen molar-refractivity contribution >= 4 is 26.5 Å². The molecule has 1 aromatic carbocycles. The Morgan fingerprint density at radius 2 is 1.95 bits per heavy atom. The lowest BCUT2D eigenvalue weighted by Gasteiger charge is -2.04. The molecule has 0 bridgehead atoms. The van der Waals surface area contributed by atoms with Gasteiger partial charge in [-0.1, -0.05) is 24.3 Å². The number of sulfonamides is 1. The van der Waals surface area contributed by atoms with Crippen LogP contribution in [0.15, 0.2) is 29.6 Å². The summed E-state index contributed by atoms with van der Waals surface area (Å²) < 4.78 is 24.4. The van der Waals surface area contributed by atoms with Gasteiger partial charge in [0.2, 0.25) is 10.0 Å². The van der Waals surface area contributed by atoms with Crippen molar-refractivity contribution in [1.29, 1.82) is 0 Å². The lowest BCUT2D eigenvalue weighted by Crippen LogP contribution is -2.24. The highest BCUT2D eigenvalue weighted by Crippen LogP contribution is 2.24. The minimum atomic E-state index is -3.11. The van der Waals surface area contributed by atoms with Crippen LogP contribution in [0.3, 0.4) is 0 Å². The minimum Gasteiger partial charge on any atom is -0.365 e. The van der Waals surface area contributed by atoms with Gasteiger partial charge in [-0.2, -0.15) is 0 Å². The van der Waals surface area contributed by atoms with E-state index < -0.39 is 10.0 Å². The molecule has 5 nitrogen and oxygen atoms in total. The van der Waals surface area contributed by atoms with Gasteiger partial charge in [0.25, 0.3) is 0 Å². The molecule has 2 rings (SSSR count). The SMILES string of the molecule is CNc1nc(-c2ccc(CCNS(C)(=O)=O)cc2)cs1. The second-order valence-electron chi connectivity index (χ2n) is 4.40. The van der Waals surface area contributed by atoms with E-state index in [1.54, 1.807) is 11.3 Å². The average Bonchev–Trinajstić information content (AvgIpc) is 2.87. The van der Waals surface area contributed by atoms with Gasteiger partial charge in [-0.15, -0.1) is 11.3 Å². The Balaban J connectivity index is 1.99. The van der Waals surface area contributed by atoms with Crippen LogP contribution < -0.4 is 10.0 Å². The number of nitrogens with one attached hydrogen (secondary N) is 2. The van der Waals surface area contributed by atoms with Crippen LogP contribution in [0.25, 0.3) is 11.3 Å². The van der Waals surface area contributed by atoms with Gasteiger partial charge >= 0.3 is 0 Å². The van der Waals surface area contributed by atoms with E-state index in [-0.39, 0.29) is 0 Å². The van der Waals surface area contributed by atoms with E-state index >= 15 is 0 Å². The highest BCUT2D eigenvalue weighted by Gasteiger charge is 2.04. The largest absolute Gasteiger partial charge is 0.365 e. The highest BCUT2D eigenvalue weighted by molar-refractivity contribution is 7.88. The Kier molecular flexibility index (Phi) is 4.74. The Hall–Kier alpha value is -1.44. The molecule has 0 aliphatic heterocycles. The Labute approximate surface area is 123 Å². The zero-order valence-electron chi connectivity index (χ0n) is 11.4. The molecule has 0 spiro atoms. The number of aromatic nitrogens is 1. The van der Waals surface area contributed by atoms with Crippen LogP contribution in [-0.4, -0.2) is 33.2 Å². The first-order chi connectivity index (χ1) is 9.48. The average molecular weight is 311 g/mol. The number of nitrogens with zero attached hydrogens (tertiary/aromatic N) is 1. The quantitative estimate of drug-likeness (QED) is 0.855. The first kappa shape index (κ1) is 15.0. The van der Waals surface area contributed by atoms with Crippen LogP contribution >= 0.6 is 11.3 Å². The number of anilines is 1. The van der Waals surface area contributed by atoms with E-state index in [2.05, 4.69) is 15.0 Å². The molecule has 0 aliphatic rings. The van der Waals surface area contributed by atoms with Gasteiger partial charge in [0.1, 0.15) is 0 Å². The van der Waals surface area contributed by atoms with Crippen LogP contribution in [0, 0.1) is 0 Å². The first-order valence-electron chi connectivity index (χ1n) is 6.15. The molecule has 1 heterocycles. The van der Waals surface area contributed by atoms with E-state index in [9.17, 15) is 8.42 Å². The maximum Gasteiger partial charge on any atom is 0.208 e. The molecular formula is C13H17N3O2S2. The molecule has 108 valence electrons. The molecule has 0 saturated heterocycles. The standard InChI is InChI=1S/C13H17N3O2S2/c1-14-13-16-12(9-19-13)11-5-3-10(4-6-11)7-8-15-20(2,17)18/h3-6,9,15H,7-8H2,1-2H3,(H,14,16). The van der Waals surface area contributed by atoms with Crippen molar-refractivity contribution in [2.24, 2.45) is 0 Å². The van der Waals surface area contributed by atoms with Crippen molar-refractivity contribution in [3.63, 3.8) is 0 Å². The van der Waals surface area contributed by atoms with E-state index in [4.69, 9.17) is 0 Å². The second-order valence-corrected chi connectivity index (χ2v) is 7.09. The summed E-state index contributed by atoms with van der Waals surface area (Å²) in [6.07, 6.45) is 1.84. The van der Waals surface area contributed by atoms with Gasteiger partial charge in [-0.05, 0) is 12.0 Å². The van der Waals surface area contributed by atoms with E-state index in [0.717, 1.165) is 28.2 Å². The number of hydrogen-bond donors (Lipinski definition) is 2. The summed E-state index contributed by atoms with van der Waals surface area (Å²) in [6, 6.07) is 8.00. The van der Waals surface area contributed by atoms with Crippen LogP contribution in [-0.2, 0) is 16.4 Å². The third-order valence-corrected chi connectivity index (χ3v) is 4.33. The third kappa shape index (κ3) is 4.29. The van der Waals surface area contributed by atoms with Crippen LogP contribution in [0.2, 0.25) is 0 Å². The third-order valence-electron chi connectivity index (χ3n) is 2.75. The summed E-state index contributed by atoms with van der Waals surface area (Å²) in [6.45, 7) is 0.415. The zero-order valence-corrected chi connectivity index (χ0v) is 13.0. The van der Waals surface area contributed by atoms with Gasteiger partial charge in [-0.3, -0.25) is 0 Å². The summed E-state index contributed by atoms with van der Waals surface area (Å²) >= 11 is 1.57. The van der Waals surface area contributed by atoms with Crippen molar-refractivity contribution in [2.45, 2.75) is 6.42 Å². The van der Waals surface area contributed by atoms with Gasteiger partial charge < -0.3 is 5.32 Å². The molecule has 0 radical (unpaired) electrons. The van der Waals surface area contributed by atoms with E-state index in [1.807, 2.05) is 36.7 Å². The maximum absolute atomic E-state index is 11.0. The smallest absolute Gasteiger partial charge is 0.208 e. The van der Waals surface area contributed by atoms with Crippen molar-refractivity contribution in [3.8, 4) is 11.3 Å². The van der Waals surface area contributed by atoms with Gasteiger partial charge in [0, 0.05) is 24.5 Å². The normalized spacial score (nSPS) is 11.5. The molecule has 1 aromatic heterocycles.